The van der Waals surface area contributed by atoms with E-state index in [9.17, 15) is 49.5 Å². The van der Waals surface area contributed by atoms with Gasteiger partial charge in [0.25, 0.3) is 5.91 Å². The highest BCUT2D eigenvalue weighted by atomic mass is 32.3. The first-order valence-corrected chi connectivity index (χ1v) is 15.0. The van der Waals surface area contributed by atoms with Gasteiger partial charge < -0.3 is 15.4 Å². The molecule has 0 aromatic heterocycles. The first-order chi connectivity index (χ1) is 20.0. The first kappa shape index (κ1) is 34.8. The summed E-state index contributed by atoms with van der Waals surface area (Å²) >= 11 is 0. The van der Waals surface area contributed by atoms with Crippen molar-refractivity contribution in [1.29, 1.82) is 0 Å². The zero-order valence-corrected chi connectivity index (χ0v) is 25.2. The average Bonchev–Trinajstić information content (AvgIpc) is 3.23. The molecular formula is C28H32F6N3O6S+. The normalized spacial score (nSPS) is 17.0. The van der Waals surface area contributed by atoms with Gasteiger partial charge in [-0.2, -0.15) is 30.9 Å². The summed E-state index contributed by atoms with van der Waals surface area (Å²) in [6.07, 6.45) is -12.9. The number of halogens is 6. The molecule has 1 heterocycles. The summed E-state index contributed by atoms with van der Waals surface area (Å²) in [5.41, 5.74) is -5.94. The van der Waals surface area contributed by atoms with Crippen molar-refractivity contribution in [2.45, 2.75) is 75.0 Å². The van der Waals surface area contributed by atoms with Crippen molar-refractivity contribution in [3.05, 3.63) is 59.2 Å². The van der Waals surface area contributed by atoms with E-state index in [0.29, 0.717) is 17.7 Å². The number of carbonyl (C=O) groups excluding carboxylic acids is 3. The minimum absolute atomic E-state index is 0.0494. The number of benzene rings is 2. The monoisotopic (exact) mass is 652 g/mol. The highest BCUT2D eigenvalue weighted by Crippen LogP contribution is 2.54. The van der Waals surface area contributed by atoms with Crippen LogP contribution >= 0.6 is 0 Å². The lowest BCUT2D eigenvalue weighted by Gasteiger charge is -2.38. The van der Waals surface area contributed by atoms with Crippen LogP contribution in [0.1, 0.15) is 56.8 Å². The lowest BCUT2D eigenvalue weighted by molar-refractivity contribution is -0.305. The molecule has 0 spiro atoms. The molecule has 0 bridgehead atoms. The zero-order valence-electron chi connectivity index (χ0n) is 24.4. The van der Waals surface area contributed by atoms with Crippen molar-refractivity contribution in [2.75, 3.05) is 18.1 Å². The van der Waals surface area contributed by atoms with E-state index in [-0.39, 0.29) is 22.7 Å². The summed E-state index contributed by atoms with van der Waals surface area (Å²) < 4.78 is 112. The summed E-state index contributed by atoms with van der Waals surface area (Å²) in [4.78, 5) is 38.7. The van der Waals surface area contributed by atoms with Gasteiger partial charge in [0.2, 0.25) is 16.1 Å². The molecule has 0 saturated heterocycles. The van der Waals surface area contributed by atoms with Gasteiger partial charge in [0, 0.05) is 25.2 Å². The maximum absolute atomic E-state index is 14.1. The highest BCUT2D eigenvalue weighted by molar-refractivity contribution is 7.97. The zero-order chi connectivity index (χ0) is 33.5. The molecule has 0 aliphatic carbocycles. The summed E-state index contributed by atoms with van der Waals surface area (Å²) in [6, 6.07) is 5.63. The SMILES string of the molecule is CC(=O)NCCC(c1ccc(NC(=O)C2c3ccc([S+](C)(=O)O)cc3CN2C(=O)OC(C)(C)C)cc1)(C(F)(F)F)C(F)(F)F. The number of carbonyl (C=O) groups is 3. The second-order valence-electron chi connectivity index (χ2n) is 11.4. The third kappa shape index (κ3) is 7.34. The number of nitrogens with zero attached hydrogens (tertiary/aromatic N) is 1. The molecule has 3 amide bonds. The van der Waals surface area contributed by atoms with E-state index in [1.165, 1.54) is 18.2 Å². The molecule has 2 aromatic rings. The van der Waals surface area contributed by atoms with Crippen molar-refractivity contribution in [1.82, 2.24) is 10.2 Å². The van der Waals surface area contributed by atoms with E-state index in [1.54, 1.807) is 20.8 Å². The fourth-order valence-electron chi connectivity index (χ4n) is 4.83. The van der Waals surface area contributed by atoms with Crippen LogP contribution in [0.2, 0.25) is 0 Å². The fraction of sp³-hybridized carbons (Fsp3) is 0.464. The molecule has 44 heavy (non-hydrogen) atoms. The van der Waals surface area contributed by atoms with Gasteiger partial charge in [-0.3, -0.25) is 14.5 Å². The van der Waals surface area contributed by atoms with Crippen LogP contribution in [0.4, 0.5) is 36.8 Å². The Kier molecular flexibility index (Phi) is 9.52. The number of alkyl halides is 6. The van der Waals surface area contributed by atoms with Gasteiger partial charge in [-0.25, -0.2) is 4.79 Å². The van der Waals surface area contributed by atoms with E-state index in [2.05, 4.69) is 5.32 Å². The van der Waals surface area contributed by atoms with Gasteiger partial charge in [-0.05, 0) is 62.1 Å². The number of fused-ring (bicyclic) bond motifs is 1. The van der Waals surface area contributed by atoms with Crippen molar-refractivity contribution in [3.8, 4) is 0 Å². The van der Waals surface area contributed by atoms with Gasteiger partial charge in [0.15, 0.2) is 10.3 Å². The number of nitrogens with one attached hydrogen (secondary N) is 2. The maximum atomic E-state index is 14.1. The van der Waals surface area contributed by atoms with Crippen LogP contribution in [0.5, 0.6) is 0 Å². The van der Waals surface area contributed by atoms with Crippen LogP contribution < -0.4 is 10.6 Å². The molecule has 3 rings (SSSR count). The Bertz CT molecular complexity index is 1450. The molecule has 0 fully saturated rings. The van der Waals surface area contributed by atoms with E-state index in [1.807, 2.05) is 5.32 Å². The predicted octanol–water partition coefficient (Wildman–Crippen LogP) is 5.97. The molecule has 2 unspecified atom stereocenters. The van der Waals surface area contributed by atoms with Gasteiger partial charge in [0.1, 0.15) is 17.9 Å². The average molecular weight is 653 g/mol. The van der Waals surface area contributed by atoms with E-state index >= 15 is 0 Å². The lowest BCUT2D eigenvalue weighted by atomic mass is 9.75. The summed E-state index contributed by atoms with van der Waals surface area (Å²) in [5, 5.41) is 4.38. The van der Waals surface area contributed by atoms with Crippen LogP contribution in [-0.2, 0) is 40.7 Å². The maximum Gasteiger partial charge on any atom is 0.411 e. The van der Waals surface area contributed by atoms with Gasteiger partial charge in [-0.1, -0.05) is 22.4 Å². The quantitative estimate of drug-likeness (QED) is 0.250. The molecular weight excluding hydrogens is 620 g/mol. The number of amides is 3. The number of rotatable bonds is 7. The Morgan fingerprint density at radius 1 is 1.00 bits per heavy atom. The Labute approximate surface area is 250 Å². The van der Waals surface area contributed by atoms with Gasteiger partial charge in [0.05, 0.1) is 6.54 Å². The first-order valence-electron chi connectivity index (χ1n) is 13.1. The second-order valence-corrected chi connectivity index (χ2v) is 13.5. The number of ether oxygens (including phenoxy) is 1. The van der Waals surface area contributed by atoms with Crippen molar-refractivity contribution < 1.29 is 54.2 Å². The Morgan fingerprint density at radius 3 is 2.05 bits per heavy atom. The molecule has 16 heteroatoms. The fourth-order valence-corrected chi connectivity index (χ4v) is 5.51. The van der Waals surface area contributed by atoms with Crippen molar-refractivity contribution in [3.63, 3.8) is 0 Å². The molecule has 0 saturated carbocycles. The standard InChI is InChI=1S/C28H31F6N3O6S/c1-16(38)35-13-12-26(27(29,30)31,28(32,33)34)18-6-8-19(9-7-18)36-23(39)22-21-11-10-20(44(5,41)42)14-17(21)15-37(22)24(40)43-25(2,3)4/h6-11,14,22H,12-13,15H2,1-5H3,(H2-,35,36,38,39,41,42)/p+1. The van der Waals surface area contributed by atoms with E-state index in [4.69, 9.17) is 4.74 Å². The molecule has 242 valence electrons. The lowest BCUT2D eigenvalue weighted by Crippen LogP contribution is -2.55. The minimum Gasteiger partial charge on any atom is -0.444 e. The van der Waals surface area contributed by atoms with Crippen molar-refractivity contribution >= 4 is 33.8 Å². The van der Waals surface area contributed by atoms with Crippen molar-refractivity contribution in [2.24, 2.45) is 0 Å². The van der Waals surface area contributed by atoms with Crippen LogP contribution in [0.3, 0.4) is 0 Å². The molecule has 0 radical (unpaired) electrons. The molecule has 3 N–H and O–H groups in total. The number of anilines is 1. The summed E-state index contributed by atoms with van der Waals surface area (Å²) in [5.74, 6) is -1.66. The third-order valence-corrected chi connectivity index (χ3v) is 7.99. The smallest absolute Gasteiger partial charge is 0.411 e. The molecule has 1 aliphatic rings. The topological polar surface area (TPSA) is 125 Å². The molecule has 2 aromatic carbocycles. The number of hydrogen-bond donors (Lipinski definition) is 3. The van der Waals surface area contributed by atoms with E-state index in [0.717, 1.165) is 30.2 Å². The largest absolute Gasteiger partial charge is 0.444 e. The molecule has 1 aliphatic heterocycles. The van der Waals surface area contributed by atoms with E-state index < -0.39 is 76.1 Å². The van der Waals surface area contributed by atoms with Gasteiger partial charge in [-0.15, -0.1) is 0 Å². The van der Waals surface area contributed by atoms with Gasteiger partial charge >= 0.3 is 18.4 Å². The Hall–Kier alpha value is -3.66. The third-order valence-electron chi connectivity index (χ3n) is 6.86. The summed E-state index contributed by atoms with van der Waals surface area (Å²) in [7, 11) is -3.39. The Balaban J connectivity index is 1.98. The second kappa shape index (κ2) is 12.0. The molecule has 2 atom stereocenters. The number of hydrogen-bond acceptors (Lipinski definition) is 5. The summed E-state index contributed by atoms with van der Waals surface area (Å²) in [6.45, 7) is 4.66. The molecule has 9 nitrogen and oxygen atoms in total. The predicted molar refractivity (Wildman–Crippen MR) is 148 cm³/mol. The van der Waals surface area contributed by atoms with Crippen LogP contribution in [0.15, 0.2) is 47.4 Å². The Morgan fingerprint density at radius 2 is 1.57 bits per heavy atom. The minimum atomic E-state index is -5.79. The van der Waals surface area contributed by atoms with Crippen LogP contribution in [0, 0.1) is 0 Å². The highest BCUT2D eigenvalue weighted by Gasteiger charge is 2.71. The van der Waals surface area contributed by atoms with Crippen LogP contribution in [0.25, 0.3) is 0 Å². The van der Waals surface area contributed by atoms with Crippen LogP contribution in [-0.4, -0.2) is 58.1 Å².